The van der Waals surface area contributed by atoms with Gasteiger partial charge < -0.3 is 25.7 Å². The van der Waals surface area contributed by atoms with E-state index in [4.69, 9.17) is 16.3 Å². The van der Waals surface area contributed by atoms with Gasteiger partial charge in [0.2, 0.25) is 11.8 Å². The van der Waals surface area contributed by atoms with Crippen LogP contribution in [0.4, 0.5) is 4.39 Å². The maximum Gasteiger partial charge on any atom is 0.328 e. The van der Waals surface area contributed by atoms with Crippen LogP contribution in [-0.2, 0) is 19.1 Å². The van der Waals surface area contributed by atoms with E-state index in [0.29, 0.717) is 30.3 Å². The largest absolute Gasteiger partial charge is 0.467 e. The first kappa shape index (κ1) is 25.0. The first-order valence-electron chi connectivity index (χ1n) is 11.7. The number of piperidine rings is 1. The van der Waals surface area contributed by atoms with Crippen LogP contribution < -0.4 is 16.0 Å². The zero-order valence-electron chi connectivity index (χ0n) is 19.3. The van der Waals surface area contributed by atoms with Gasteiger partial charge in [-0.15, -0.1) is 0 Å². The Balaban J connectivity index is 1.48. The second-order valence-electron chi connectivity index (χ2n) is 9.19. The number of carbonyl (C=O) groups excluding carboxylic acids is 4. The summed E-state index contributed by atoms with van der Waals surface area (Å²) in [6, 6.07) is 1.94. The van der Waals surface area contributed by atoms with Crippen LogP contribution in [0.15, 0.2) is 18.2 Å². The normalized spacial score (nSPS) is 19.5. The van der Waals surface area contributed by atoms with Crippen molar-refractivity contribution in [2.75, 3.05) is 13.7 Å². The zero-order chi connectivity index (χ0) is 25.1. The number of ether oxygens (including phenoxy) is 1. The fourth-order valence-corrected chi connectivity index (χ4v) is 4.68. The molecule has 0 radical (unpaired) electrons. The number of methoxy groups -OCH3 is 1. The minimum atomic E-state index is -1.02. The number of benzene rings is 1. The highest BCUT2D eigenvalue weighted by atomic mass is 35.5. The van der Waals surface area contributed by atoms with Crippen LogP contribution in [0.1, 0.15) is 49.0 Å². The van der Waals surface area contributed by atoms with Gasteiger partial charge in [-0.25, -0.2) is 9.18 Å². The summed E-state index contributed by atoms with van der Waals surface area (Å²) in [5.41, 5.74) is 0.544. The van der Waals surface area contributed by atoms with E-state index >= 15 is 0 Å². The Hall–Kier alpha value is -3.14. The van der Waals surface area contributed by atoms with Gasteiger partial charge in [-0.3, -0.25) is 14.4 Å². The van der Waals surface area contributed by atoms with Crippen LogP contribution >= 0.6 is 11.6 Å². The minimum absolute atomic E-state index is 0.112. The summed E-state index contributed by atoms with van der Waals surface area (Å²) in [7, 11) is 1.22. The van der Waals surface area contributed by atoms with Crippen molar-refractivity contribution in [1.82, 2.24) is 20.9 Å². The second kappa shape index (κ2) is 10.6. The Morgan fingerprint density at radius 3 is 2.60 bits per heavy atom. The van der Waals surface area contributed by atoms with Crippen LogP contribution in [-0.4, -0.2) is 54.4 Å². The van der Waals surface area contributed by atoms with Gasteiger partial charge in [0, 0.05) is 17.8 Å². The number of fused-ring (bicyclic) bond motifs is 1. The highest BCUT2D eigenvalue weighted by Gasteiger charge is 2.35. The lowest BCUT2D eigenvalue weighted by molar-refractivity contribution is -0.146. The molecule has 2 aromatic rings. The molecule has 1 saturated heterocycles. The molecule has 1 aromatic carbocycles. The third kappa shape index (κ3) is 6.11. The van der Waals surface area contributed by atoms with Gasteiger partial charge >= 0.3 is 5.97 Å². The van der Waals surface area contributed by atoms with Gasteiger partial charge in [0.15, 0.2) is 0 Å². The van der Waals surface area contributed by atoms with Gasteiger partial charge in [0.1, 0.15) is 23.6 Å². The number of carbonyl (C=O) groups is 4. The fraction of sp³-hybridized carbons (Fsp3) is 0.500. The predicted octanol–water partition coefficient (Wildman–Crippen LogP) is 2.43. The van der Waals surface area contributed by atoms with E-state index < -0.39 is 41.6 Å². The molecule has 2 fully saturated rings. The molecule has 3 amide bonds. The summed E-state index contributed by atoms with van der Waals surface area (Å²) in [4.78, 5) is 53.6. The highest BCUT2D eigenvalue weighted by Crippen LogP contribution is 2.34. The molecule has 0 unspecified atom stereocenters. The van der Waals surface area contributed by atoms with Crippen molar-refractivity contribution < 1.29 is 28.3 Å². The highest BCUT2D eigenvalue weighted by molar-refractivity contribution is 6.35. The molecule has 11 heteroatoms. The zero-order valence-corrected chi connectivity index (χ0v) is 20.0. The first-order valence-corrected chi connectivity index (χ1v) is 12.1. The number of halogens is 2. The van der Waals surface area contributed by atoms with Crippen molar-refractivity contribution in [3.05, 3.63) is 34.7 Å². The number of H-pyrrole nitrogens is 1. The molecule has 9 nitrogen and oxygen atoms in total. The number of aromatic amines is 1. The molecule has 1 aliphatic heterocycles. The molecular formula is C24H28ClFN4O5. The molecule has 1 aromatic heterocycles. The number of rotatable bonds is 9. The topological polar surface area (TPSA) is 129 Å². The van der Waals surface area contributed by atoms with Crippen LogP contribution in [0.3, 0.4) is 0 Å². The number of amides is 3. The molecule has 188 valence electrons. The Bertz CT molecular complexity index is 1150. The number of esters is 1. The van der Waals surface area contributed by atoms with Crippen molar-refractivity contribution in [2.45, 2.75) is 50.6 Å². The van der Waals surface area contributed by atoms with Crippen molar-refractivity contribution in [1.29, 1.82) is 0 Å². The van der Waals surface area contributed by atoms with E-state index in [9.17, 15) is 23.6 Å². The van der Waals surface area contributed by atoms with Crippen LogP contribution in [0.25, 0.3) is 10.9 Å². The molecule has 0 bridgehead atoms. The summed E-state index contributed by atoms with van der Waals surface area (Å²) in [5.74, 6) is -2.55. The van der Waals surface area contributed by atoms with Crippen molar-refractivity contribution in [3.63, 3.8) is 0 Å². The van der Waals surface area contributed by atoms with Crippen molar-refractivity contribution in [2.24, 2.45) is 11.8 Å². The molecule has 1 saturated carbocycles. The number of aromatic nitrogens is 1. The molecular weight excluding hydrogens is 479 g/mol. The van der Waals surface area contributed by atoms with Crippen molar-refractivity contribution in [3.8, 4) is 0 Å². The Kier molecular flexibility index (Phi) is 7.59. The summed E-state index contributed by atoms with van der Waals surface area (Å²) in [6.45, 7) is 0.589. The standard InChI is InChI=1S/C24H28ClFN4O5/c1-35-24(34)19(9-13-3-2-6-27-21(13)31)30-22(32)17(7-12-4-5-12)29-23(33)18-10-14-8-15(26)11-16(25)20(14)28-18/h8,10-13,17,19,28H,2-7,9H2,1H3,(H,27,31)(H,29,33)(H,30,32)/t13-,17-,19-/m0/s1. The first-order chi connectivity index (χ1) is 16.7. The van der Waals surface area contributed by atoms with E-state index in [0.717, 1.165) is 25.3 Å². The predicted molar refractivity (Wildman–Crippen MR) is 126 cm³/mol. The fourth-order valence-electron chi connectivity index (χ4n) is 4.42. The number of hydrogen-bond acceptors (Lipinski definition) is 5. The maximum atomic E-state index is 13.7. The summed E-state index contributed by atoms with van der Waals surface area (Å²) >= 11 is 6.07. The smallest absolute Gasteiger partial charge is 0.328 e. The Labute approximate surface area is 206 Å². The molecule has 4 rings (SSSR count). The molecule has 2 heterocycles. The Morgan fingerprint density at radius 1 is 1.14 bits per heavy atom. The number of nitrogens with one attached hydrogen (secondary N) is 4. The van der Waals surface area contributed by atoms with Gasteiger partial charge in [-0.1, -0.05) is 24.4 Å². The third-order valence-electron chi connectivity index (χ3n) is 6.50. The van der Waals surface area contributed by atoms with Crippen LogP contribution in [0.2, 0.25) is 5.02 Å². The summed E-state index contributed by atoms with van der Waals surface area (Å²) in [6.07, 6.45) is 3.82. The maximum absolute atomic E-state index is 13.7. The molecule has 0 spiro atoms. The van der Waals surface area contributed by atoms with E-state index in [-0.39, 0.29) is 29.0 Å². The average molecular weight is 507 g/mol. The van der Waals surface area contributed by atoms with E-state index in [1.54, 1.807) is 0 Å². The molecule has 2 aliphatic rings. The van der Waals surface area contributed by atoms with Gasteiger partial charge in [-0.05, 0) is 49.8 Å². The van der Waals surface area contributed by atoms with E-state index in [1.807, 2.05) is 0 Å². The summed E-state index contributed by atoms with van der Waals surface area (Å²) in [5, 5.41) is 8.74. The third-order valence-corrected chi connectivity index (χ3v) is 6.80. The molecule has 1 aliphatic carbocycles. The Morgan fingerprint density at radius 2 is 1.91 bits per heavy atom. The van der Waals surface area contributed by atoms with E-state index in [1.165, 1.54) is 19.2 Å². The van der Waals surface area contributed by atoms with Crippen molar-refractivity contribution >= 4 is 46.2 Å². The van der Waals surface area contributed by atoms with Gasteiger partial charge in [0.25, 0.3) is 5.91 Å². The second-order valence-corrected chi connectivity index (χ2v) is 9.60. The molecule has 4 N–H and O–H groups in total. The van der Waals surface area contributed by atoms with Gasteiger partial charge in [0.05, 0.1) is 17.6 Å². The molecule has 3 atom stereocenters. The lowest BCUT2D eigenvalue weighted by atomic mass is 9.91. The van der Waals surface area contributed by atoms with Gasteiger partial charge in [-0.2, -0.15) is 0 Å². The average Bonchev–Trinajstić information content (AvgIpc) is 3.54. The SMILES string of the molecule is COC(=O)[C@H](C[C@@H]1CCCNC1=O)NC(=O)[C@H](CC1CC1)NC(=O)c1cc2cc(F)cc(Cl)c2[nH]1. The summed E-state index contributed by atoms with van der Waals surface area (Å²) < 4.78 is 18.5. The number of hydrogen-bond donors (Lipinski definition) is 4. The van der Waals surface area contributed by atoms with Crippen LogP contribution in [0, 0.1) is 17.7 Å². The molecule has 35 heavy (non-hydrogen) atoms. The lowest BCUT2D eigenvalue weighted by Crippen LogP contribution is -2.53. The minimum Gasteiger partial charge on any atom is -0.467 e. The van der Waals surface area contributed by atoms with E-state index in [2.05, 4.69) is 20.9 Å². The monoisotopic (exact) mass is 506 g/mol. The van der Waals surface area contributed by atoms with Crippen LogP contribution in [0.5, 0.6) is 0 Å². The quantitative estimate of drug-likeness (QED) is 0.388. The lowest BCUT2D eigenvalue weighted by Gasteiger charge is -2.27.